The third-order valence-corrected chi connectivity index (χ3v) is 10.9. The lowest BCUT2D eigenvalue weighted by Gasteiger charge is -2.31. The van der Waals surface area contributed by atoms with Crippen molar-refractivity contribution in [2.45, 2.75) is 29.7 Å². The van der Waals surface area contributed by atoms with E-state index >= 15 is 0 Å². The third-order valence-electron chi connectivity index (χ3n) is 7.43. The van der Waals surface area contributed by atoms with E-state index in [1.807, 2.05) is 0 Å². The van der Waals surface area contributed by atoms with Gasteiger partial charge in [0.2, 0.25) is 17.7 Å². The van der Waals surface area contributed by atoms with Gasteiger partial charge >= 0.3 is 10.8 Å². The Morgan fingerprint density at radius 3 is 2.38 bits per heavy atom. The lowest BCUT2D eigenvalue weighted by atomic mass is 9.83. The summed E-state index contributed by atoms with van der Waals surface area (Å²) in [4.78, 5) is 67.2. The van der Waals surface area contributed by atoms with Gasteiger partial charge in [0.05, 0.1) is 38.8 Å². The van der Waals surface area contributed by atoms with E-state index in [4.69, 9.17) is 27.9 Å². The van der Waals surface area contributed by atoms with E-state index in [1.165, 1.54) is 28.8 Å². The molecule has 2 aliphatic rings. The van der Waals surface area contributed by atoms with Crippen molar-refractivity contribution in [2.75, 3.05) is 16.8 Å². The second kappa shape index (κ2) is 12.4. The van der Waals surface area contributed by atoms with Crippen molar-refractivity contribution in [1.82, 2.24) is 4.57 Å². The highest BCUT2D eigenvalue weighted by molar-refractivity contribution is 8.00. The summed E-state index contributed by atoms with van der Waals surface area (Å²) in [7, 11) is 0. The monoisotopic (exact) mass is 685 g/mol. The number of hydrogen-bond donors (Lipinski definition) is 1. The predicted octanol–water partition coefficient (Wildman–Crippen LogP) is 5.97. The number of thiazole rings is 1. The number of imide groups is 1. The summed E-state index contributed by atoms with van der Waals surface area (Å²) in [5.41, 5.74) is 1.39. The van der Waals surface area contributed by atoms with Crippen molar-refractivity contribution in [3.05, 3.63) is 108 Å². The first-order valence-electron chi connectivity index (χ1n) is 13.6. The molecule has 0 bridgehead atoms. The molecule has 14 heteroatoms. The minimum Gasteiger partial charge on any atom is -0.462 e. The lowest BCUT2D eigenvalue weighted by molar-refractivity contribution is -0.122. The minimum absolute atomic E-state index is 0.178. The van der Waals surface area contributed by atoms with Crippen LogP contribution in [0.4, 0.5) is 15.8 Å². The number of esters is 1. The Balaban J connectivity index is 1.36. The van der Waals surface area contributed by atoms with Gasteiger partial charge in [-0.15, -0.1) is 0 Å². The number of aromatic nitrogens is 1. The summed E-state index contributed by atoms with van der Waals surface area (Å²) in [5.74, 6) is -4.37. The number of nitrogens with one attached hydrogen (secondary N) is 1. The Morgan fingerprint density at radius 1 is 0.978 bits per heavy atom. The summed E-state index contributed by atoms with van der Waals surface area (Å²) < 4.78 is 19.9. The molecule has 1 fully saturated rings. The Labute approximate surface area is 273 Å². The number of amides is 3. The summed E-state index contributed by atoms with van der Waals surface area (Å²) in [5, 5.41) is 2.52. The second-order valence-electron chi connectivity index (χ2n) is 10.1. The summed E-state index contributed by atoms with van der Waals surface area (Å²) in [6.45, 7) is 1.55. The zero-order chi connectivity index (χ0) is 32.0. The van der Waals surface area contributed by atoms with Crippen LogP contribution in [0.15, 0.2) is 76.6 Å². The van der Waals surface area contributed by atoms with Gasteiger partial charge in [-0.05, 0) is 67.1 Å². The fourth-order valence-corrected chi connectivity index (χ4v) is 8.63. The normalized spacial score (nSPS) is 18.8. The number of rotatable bonds is 7. The van der Waals surface area contributed by atoms with Crippen LogP contribution < -0.4 is 15.1 Å². The first kappa shape index (κ1) is 31.0. The number of anilines is 2. The average Bonchev–Trinajstić information content (AvgIpc) is 3.46. The summed E-state index contributed by atoms with van der Waals surface area (Å²) in [6, 6.07) is 16.1. The zero-order valence-electron chi connectivity index (χ0n) is 23.3. The smallest absolute Gasteiger partial charge is 0.338 e. The molecule has 2 aliphatic heterocycles. The number of carbonyl (C=O) groups is 4. The number of nitrogens with zero attached hydrogens (tertiary/aromatic N) is 2. The maximum atomic E-state index is 13.9. The van der Waals surface area contributed by atoms with E-state index in [0.29, 0.717) is 26.7 Å². The van der Waals surface area contributed by atoms with Crippen molar-refractivity contribution in [2.24, 2.45) is 5.92 Å². The van der Waals surface area contributed by atoms with E-state index in [0.717, 1.165) is 40.1 Å². The standard InChI is InChI=1S/C31H22Cl2FN3O6S2/c1-2-43-30(41)15-6-10-17(11-7-15)35-21(38)14-36-29-26(45-31(36)42)22(19-4-3-5-20(32)24(19)33)23-25(44-29)28(40)37(27(23)39)18-12-8-16(34)9-13-18/h3-13,22-23,25H,2,14H2,1H3,(H,35,38)/t22-,23-,25+/m0/s1. The topological polar surface area (TPSA) is 115 Å². The number of ether oxygens (including phenoxy) is 1. The molecule has 3 heterocycles. The van der Waals surface area contributed by atoms with Gasteiger partial charge in [-0.2, -0.15) is 0 Å². The van der Waals surface area contributed by atoms with Gasteiger partial charge in [0.25, 0.3) is 0 Å². The average molecular weight is 687 g/mol. The van der Waals surface area contributed by atoms with E-state index in [-0.39, 0.29) is 28.9 Å². The molecule has 3 aromatic carbocycles. The van der Waals surface area contributed by atoms with Crippen molar-refractivity contribution in [3.63, 3.8) is 0 Å². The van der Waals surface area contributed by atoms with E-state index < -0.39 is 51.5 Å². The SMILES string of the molecule is CCOC(=O)c1ccc(NC(=O)Cn2c3c(sc2=O)[C@@H](c2cccc(Cl)c2Cl)[C@@H]2C(=O)N(c4ccc(F)cc4)C(=O)[C@@H]2S3)cc1. The quantitative estimate of drug-likeness (QED) is 0.188. The minimum atomic E-state index is -0.964. The molecule has 230 valence electrons. The number of hydrogen-bond acceptors (Lipinski definition) is 8. The van der Waals surface area contributed by atoms with Crippen molar-refractivity contribution in [1.29, 1.82) is 0 Å². The molecule has 4 aromatic rings. The van der Waals surface area contributed by atoms with E-state index in [9.17, 15) is 28.4 Å². The predicted molar refractivity (Wildman–Crippen MR) is 170 cm³/mol. The van der Waals surface area contributed by atoms with Crippen LogP contribution >= 0.6 is 46.3 Å². The van der Waals surface area contributed by atoms with Crippen LogP contribution in [0.1, 0.15) is 33.6 Å². The van der Waals surface area contributed by atoms with Crippen LogP contribution in [-0.4, -0.2) is 40.1 Å². The fourth-order valence-electron chi connectivity index (χ4n) is 5.44. The van der Waals surface area contributed by atoms with Crippen LogP contribution in [0.3, 0.4) is 0 Å². The van der Waals surface area contributed by atoms with Crippen LogP contribution in [0.2, 0.25) is 10.0 Å². The van der Waals surface area contributed by atoms with Gasteiger partial charge in [-0.3, -0.25) is 23.7 Å². The molecule has 3 atom stereocenters. The molecular weight excluding hydrogens is 664 g/mol. The van der Waals surface area contributed by atoms with E-state index in [2.05, 4.69) is 5.32 Å². The van der Waals surface area contributed by atoms with Crippen molar-refractivity contribution in [3.8, 4) is 0 Å². The molecule has 0 unspecified atom stereocenters. The van der Waals surface area contributed by atoms with Gasteiger partial charge in [0, 0.05) is 16.5 Å². The van der Waals surface area contributed by atoms with Gasteiger partial charge in [-0.1, -0.05) is 58.4 Å². The molecule has 0 radical (unpaired) electrons. The number of carbonyl (C=O) groups excluding carboxylic acids is 4. The van der Waals surface area contributed by atoms with Crippen LogP contribution in [-0.2, 0) is 25.7 Å². The Kier molecular flexibility index (Phi) is 8.57. The maximum Gasteiger partial charge on any atom is 0.338 e. The molecular formula is C31H22Cl2FN3O6S2. The summed E-state index contributed by atoms with van der Waals surface area (Å²) >= 11 is 14.9. The van der Waals surface area contributed by atoms with Gasteiger partial charge in [0.15, 0.2) is 0 Å². The number of fused-ring (bicyclic) bond motifs is 2. The molecule has 1 saturated heterocycles. The fraction of sp³-hybridized carbons (Fsp3) is 0.194. The van der Waals surface area contributed by atoms with Crippen LogP contribution in [0, 0.1) is 11.7 Å². The molecule has 0 aliphatic carbocycles. The molecule has 1 N–H and O–H groups in total. The molecule has 0 saturated carbocycles. The Bertz CT molecular complexity index is 1910. The second-order valence-corrected chi connectivity index (χ2v) is 13.1. The molecule has 1 aromatic heterocycles. The number of benzene rings is 3. The first-order valence-corrected chi connectivity index (χ1v) is 16.1. The van der Waals surface area contributed by atoms with Gasteiger partial charge < -0.3 is 10.1 Å². The highest BCUT2D eigenvalue weighted by atomic mass is 35.5. The lowest BCUT2D eigenvalue weighted by Crippen LogP contribution is -2.33. The number of halogens is 3. The summed E-state index contributed by atoms with van der Waals surface area (Å²) in [6.07, 6.45) is 0. The molecule has 45 heavy (non-hydrogen) atoms. The largest absolute Gasteiger partial charge is 0.462 e. The van der Waals surface area contributed by atoms with Gasteiger partial charge in [0.1, 0.15) is 17.6 Å². The molecule has 6 rings (SSSR count). The highest BCUT2D eigenvalue weighted by Gasteiger charge is 2.57. The Hall–Kier alpha value is -3.97. The Morgan fingerprint density at radius 2 is 1.69 bits per heavy atom. The third kappa shape index (κ3) is 5.67. The number of thioether (sulfide) groups is 1. The zero-order valence-corrected chi connectivity index (χ0v) is 26.4. The van der Waals surface area contributed by atoms with Crippen molar-refractivity contribution < 1.29 is 28.3 Å². The molecule has 0 spiro atoms. The van der Waals surface area contributed by atoms with Crippen LogP contribution in [0.5, 0.6) is 0 Å². The van der Waals surface area contributed by atoms with Crippen LogP contribution in [0.25, 0.3) is 0 Å². The highest BCUT2D eigenvalue weighted by Crippen LogP contribution is 2.55. The van der Waals surface area contributed by atoms with Crippen molar-refractivity contribution >= 4 is 81.4 Å². The van der Waals surface area contributed by atoms with Gasteiger partial charge in [-0.25, -0.2) is 14.1 Å². The molecule has 9 nitrogen and oxygen atoms in total. The first-order chi connectivity index (χ1) is 21.6. The van der Waals surface area contributed by atoms with E-state index in [1.54, 1.807) is 37.3 Å². The maximum absolute atomic E-state index is 13.9. The molecule has 3 amide bonds.